The van der Waals surface area contributed by atoms with Crippen LogP contribution in [-0.2, 0) is 6.18 Å². The molecule has 1 fully saturated rings. The summed E-state index contributed by atoms with van der Waals surface area (Å²) in [5.74, 6) is -0.462. The molecule has 2 N–H and O–H groups in total. The highest BCUT2D eigenvalue weighted by Gasteiger charge is 2.33. The van der Waals surface area contributed by atoms with Gasteiger partial charge in [0.25, 0.3) is 5.91 Å². The van der Waals surface area contributed by atoms with Crippen LogP contribution in [0, 0.1) is 6.92 Å². The third-order valence-electron chi connectivity index (χ3n) is 4.76. The molecule has 9 heteroatoms. The van der Waals surface area contributed by atoms with Crippen LogP contribution in [0.4, 0.5) is 23.7 Å². The molecule has 1 aliphatic heterocycles. The van der Waals surface area contributed by atoms with Crippen LogP contribution < -0.4 is 10.6 Å². The number of anilines is 1. The van der Waals surface area contributed by atoms with Gasteiger partial charge in [0.2, 0.25) is 0 Å². The molecule has 154 valence electrons. The van der Waals surface area contributed by atoms with Gasteiger partial charge in [-0.15, -0.1) is 0 Å². The maximum Gasteiger partial charge on any atom is 0.433 e. The second kappa shape index (κ2) is 8.50. The predicted octanol–water partition coefficient (Wildman–Crippen LogP) is 3.84. The van der Waals surface area contributed by atoms with Crippen LogP contribution >= 0.6 is 0 Å². The number of pyridine rings is 1. The zero-order valence-electron chi connectivity index (χ0n) is 15.8. The van der Waals surface area contributed by atoms with Crippen molar-refractivity contribution in [2.24, 2.45) is 0 Å². The molecule has 0 unspecified atom stereocenters. The molecule has 29 heavy (non-hydrogen) atoms. The summed E-state index contributed by atoms with van der Waals surface area (Å²) in [4.78, 5) is 29.9. The van der Waals surface area contributed by atoms with Crippen molar-refractivity contribution in [3.8, 4) is 0 Å². The first kappa shape index (κ1) is 20.6. The van der Waals surface area contributed by atoms with E-state index in [1.165, 1.54) is 6.92 Å². The quantitative estimate of drug-likeness (QED) is 0.814. The number of piperidine rings is 1. The largest absolute Gasteiger partial charge is 0.433 e. The lowest BCUT2D eigenvalue weighted by Gasteiger charge is -2.32. The molecule has 0 aliphatic carbocycles. The zero-order valence-corrected chi connectivity index (χ0v) is 15.8. The first-order chi connectivity index (χ1) is 13.7. The van der Waals surface area contributed by atoms with E-state index in [2.05, 4.69) is 15.6 Å². The van der Waals surface area contributed by atoms with E-state index in [0.717, 1.165) is 12.1 Å². The Kier molecular flexibility index (Phi) is 6.05. The second-order valence-corrected chi connectivity index (χ2v) is 6.86. The van der Waals surface area contributed by atoms with Crippen LogP contribution in [0.2, 0.25) is 0 Å². The highest BCUT2D eigenvalue weighted by molar-refractivity contribution is 5.95. The number of carbonyl (C=O) groups excluding carboxylic acids is 2. The summed E-state index contributed by atoms with van der Waals surface area (Å²) in [6.45, 7) is 2.31. The predicted molar refractivity (Wildman–Crippen MR) is 101 cm³/mol. The number of hydrogen-bond acceptors (Lipinski definition) is 3. The van der Waals surface area contributed by atoms with E-state index >= 15 is 0 Å². The molecule has 3 amide bonds. The van der Waals surface area contributed by atoms with Gasteiger partial charge in [0, 0.05) is 24.8 Å². The molecule has 0 spiro atoms. The highest BCUT2D eigenvalue weighted by Crippen LogP contribution is 2.28. The van der Waals surface area contributed by atoms with Gasteiger partial charge >= 0.3 is 12.2 Å². The Labute approximate surface area is 166 Å². The number of amides is 3. The first-order valence-corrected chi connectivity index (χ1v) is 9.21. The number of hydrogen-bond donors (Lipinski definition) is 2. The molecule has 1 saturated heterocycles. The number of para-hydroxylation sites is 1. The monoisotopic (exact) mass is 406 g/mol. The minimum absolute atomic E-state index is 0.0250. The standard InChI is InChI=1S/C20H21F3N4O2/c1-13-16(7-8-17(24-13)20(21,22)23)18(28)25-15-9-11-27(12-10-15)19(29)26-14-5-3-2-4-6-14/h2-8,15H,9-12H2,1H3,(H,25,28)(H,26,29). The second-order valence-electron chi connectivity index (χ2n) is 6.86. The molecule has 0 atom stereocenters. The van der Waals surface area contributed by atoms with Crippen LogP contribution in [0.3, 0.4) is 0 Å². The molecule has 6 nitrogen and oxygen atoms in total. The van der Waals surface area contributed by atoms with Crippen molar-refractivity contribution in [3.63, 3.8) is 0 Å². The Bertz CT molecular complexity index is 879. The van der Waals surface area contributed by atoms with Gasteiger partial charge in [0.1, 0.15) is 5.69 Å². The average molecular weight is 406 g/mol. The summed E-state index contributed by atoms with van der Waals surface area (Å²) in [6.07, 6.45) is -3.44. The number of benzene rings is 1. The lowest BCUT2D eigenvalue weighted by Crippen LogP contribution is -2.47. The smallest absolute Gasteiger partial charge is 0.349 e. The van der Waals surface area contributed by atoms with E-state index in [1.54, 1.807) is 17.0 Å². The summed E-state index contributed by atoms with van der Waals surface area (Å²) >= 11 is 0. The highest BCUT2D eigenvalue weighted by atomic mass is 19.4. The molecule has 1 aromatic heterocycles. The van der Waals surface area contributed by atoms with Crippen LogP contribution in [0.25, 0.3) is 0 Å². The minimum Gasteiger partial charge on any atom is -0.349 e. The Morgan fingerprint density at radius 3 is 2.31 bits per heavy atom. The van der Waals surface area contributed by atoms with E-state index in [-0.39, 0.29) is 23.3 Å². The topological polar surface area (TPSA) is 74.3 Å². The zero-order chi connectivity index (χ0) is 21.0. The molecule has 1 aromatic carbocycles. The Hall–Kier alpha value is -3.10. The van der Waals surface area contributed by atoms with E-state index in [4.69, 9.17) is 0 Å². The van der Waals surface area contributed by atoms with E-state index < -0.39 is 17.8 Å². The summed E-state index contributed by atoms with van der Waals surface area (Å²) in [5, 5.41) is 5.64. The summed E-state index contributed by atoms with van der Waals surface area (Å²) < 4.78 is 38.1. The van der Waals surface area contributed by atoms with Gasteiger partial charge in [-0.1, -0.05) is 18.2 Å². The normalized spacial score (nSPS) is 15.1. The number of likely N-dealkylation sites (tertiary alicyclic amines) is 1. The number of nitrogens with one attached hydrogen (secondary N) is 2. The van der Waals surface area contributed by atoms with Gasteiger partial charge in [0.15, 0.2) is 0 Å². The van der Waals surface area contributed by atoms with Crippen molar-refractivity contribution in [1.82, 2.24) is 15.2 Å². The van der Waals surface area contributed by atoms with Crippen molar-refractivity contribution in [3.05, 3.63) is 59.4 Å². The molecule has 2 heterocycles. The van der Waals surface area contributed by atoms with Crippen molar-refractivity contribution >= 4 is 17.6 Å². The van der Waals surface area contributed by atoms with Crippen LogP contribution in [-0.4, -0.2) is 41.0 Å². The third-order valence-corrected chi connectivity index (χ3v) is 4.76. The SMILES string of the molecule is Cc1nc(C(F)(F)F)ccc1C(=O)NC1CCN(C(=O)Nc2ccccc2)CC1. The number of rotatable bonds is 3. The molecule has 0 bridgehead atoms. The molecular formula is C20H21F3N4O2. The Morgan fingerprint density at radius 1 is 1.07 bits per heavy atom. The van der Waals surface area contributed by atoms with E-state index in [0.29, 0.717) is 31.6 Å². The lowest BCUT2D eigenvalue weighted by molar-refractivity contribution is -0.141. The summed E-state index contributed by atoms with van der Waals surface area (Å²) in [5.41, 5.74) is -0.179. The molecule has 0 radical (unpaired) electrons. The summed E-state index contributed by atoms with van der Waals surface area (Å²) in [7, 11) is 0. The Balaban J connectivity index is 1.53. The minimum atomic E-state index is -4.55. The maximum absolute atomic E-state index is 12.7. The summed E-state index contributed by atoms with van der Waals surface area (Å²) in [6, 6.07) is 10.7. The maximum atomic E-state index is 12.7. The van der Waals surface area contributed by atoms with E-state index in [1.807, 2.05) is 18.2 Å². The van der Waals surface area contributed by atoms with Gasteiger partial charge in [-0.3, -0.25) is 4.79 Å². The van der Waals surface area contributed by atoms with Gasteiger partial charge in [0.05, 0.1) is 11.3 Å². The van der Waals surface area contributed by atoms with Gasteiger partial charge in [-0.05, 0) is 44.0 Å². The molecule has 0 saturated carbocycles. The number of halogens is 3. The molecule has 3 rings (SSSR count). The lowest BCUT2D eigenvalue weighted by atomic mass is 10.0. The molecule has 1 aliphatic rings. The van der Waals surface area contributed by atoms with Crippen molar-refractivity contribution < 1.29 is 22.8 Å². The number of aromatic nitrogens is 1. The van der Waals surface area contributed by atoms with Gasteiger partial charge in [-0.25, -0.2) is 9.78 Å². The molecular weight excluding hydrogens is 385 g/mol. The fourth-order valence-corrected chi connectivity index (χ4v) is 3.17. The van der Waals surface area contributed by atoms with E-state index in [9.17, 15) is 22.8 Å². The number of aryl methyl sites for hydroxylation is 1. The Morgan fingerprint density at radius 2 is 1.72 bits per heavy atom. The number of urea groups is 1. The molecule has 2 aromatic rings. The number of alkyl halides is 3. The van der Waals surface area contributed by atoms with Crippen molar-refractivity contribution in [2.75, 3.05) is 18.4 Å². The number of nitrogens with zero attached hydrogens (tertiary/aromatic N) is 2. The van der Waals surface area contributed by atoms with Gasteiger partial charge < -0.3 is 15.5 Å². The fraction of sp³-hybridized carbons (Fsp3) is 0.350. The van der Waals surface area contributed by atoms with Crippen LogP contribution in [0.1, 0.15) is 34.6 Å². The van der Waals surface area contributed by atoms with Crippen LogP contribution in [0.15, 0.2) is 42.5 Å². The first-order valence-electron chi connectivity index (χ1n) is 9.21. The fourth-order valence-electron chi connectivity index (χ4n) is 3.17. The average Bonchev–Trinajstić information content (AvgIpc) is 2.68. The number of carbonyl (C=O) groups is 2. The van der Waals surface area contributed by atoms with Crippen LogP contribution in [0.5, 0.6) is 0 Å². The third kappa shape index (κ3) is 5.24. The van der Waals surface area contributed by atoms with Gasteiger partial charge in [-0.2, -0.15) is 13.2 Å². The van der Waals surface area contributed by atoms with Crippen molar-refractivity contribution in [2.45, 2.75) is 32.0 Å². The van der Waals surface area contributed by atoms with Crippen molar-refractivity contribution in [1.29, 1.82) is 0 Å².